The second-order valence-electron chi connectivity index (χ2n) is 5.35. The van der Waals surface area contributed by atoms with E-state index in [9.17, 15) is 4.79 Å². The molecule has 0 aliphatic rings. The second kappa shape index (κ2) is 7.75. The predicted octanol–water partition coefficient (Wildman–Crippen LogP) is 3.89. The van der Waals surface area contributed by atoms with Crippen molar-refractivity contribution in [2.45, 2.75) is 19.6 Å². The summed E-state index contributed by atoms with van der Waals surface area (Å²) >= 11 is 1.64. The van der Waals surface area contributed by atoms with Crippen LogP contribution in [0.1, 0.15) is 12.5 Å². The van der Waals surface area contributed by atoms with Crippen LogP contribution in [0.5, 0.6) is 5.75 Å². The van der Waals surface area contributed by atoms with Gasteiger partial charge in [-0.05, 0) is 48.2 Å². The smallest absolute Gasteiger partial charge is 0.261 e. The highest BCUT2D eigenvalue weighted by atomic mass is 32.1. The van der Waals surface area contributed by atoms with E-state index in [0.29, 0.717) is 12.3 Å². The molecule has 0 bridgehead atoms. The van der Waals surface area contributed by atoms with Gasteiger partial charge in [0.25, 0.3) is 5.91 Å². The molecular weight excluding hydrogens is 320 g/mol. The lowest BCUT2D eigenvalue weighted by Crippen LogP contribution is -2.35. The number of pyridine rings is 1. The number of ether oxygens (including phenoxy) is 1. The fourth-order valence-electron chi connectivity index (χ4n) is 2.24. The molecule has 5 heteroatoms. The third kappa shape index (κ3) is 4.20. The van der Waals surface area contributed by atoms with E-state index < -0.39 is 6.10 Å². The van der Waals surface area contributed by atoms with Crippen molar-refractivity contribution in [2.24, 2.45) is 0 Å². The SMILES string of the molecule is CC(Oc1ccccc1)C(=O)NCc1ccnc(-c2ccsc2)c1. The summed E-state index contributed by atoms with van der Waals surface area (Å²) in [6.45, 7) is 2.19. The summed E-state index contributed by atoms with van der Waals surface area (Å²) in [6.07, 6.45) is 1.21. The van der Waals surface area contributed by atoms with Crippen LogP contribution in [0, 0.1) is 0 Å². The summed E-state index contributed by atoms with van der Waals surface area (Å²) in [5, 5.41) is 6.98. The average Bonchev–Trinajstić information content (AvgIpc) is 3.15. The van der Waals surface area contributed by atoms with E-state index in [2.05, 4.69) is 15.7 Å². The van der Waals surface area contributed by atoms with Crippen LogP contribution in [0.2, 0.25) is 0 Å². The lowest BCUT2D eigenvalue weighted by molar-refractivity contribution is -0.127. The van der Waals surface area contributed by atoms with Crippen molar-refractivity contribution < 1.29 is 9.53 Å². The van der Waals surface area contributed by atoms with Crippen LogP contribution in [-0.4, -0.2) is 17.0 Å². The van der Waals surface area contributed by atoms with Crippen molar-refractivity contribution in [1.82, 2.24) is 10.3 Å². The summed E-state index contributed by atoms with van der Waals surface area (Å²) < 4.78 is 5.62. The van der Waals surface area contributed by atoms with E-state index in [1.807, 2.05) is 53.9 Å². The fourth-order valence-corrected chi connectivity index (χ4v) is 2.89. The summed E-state index contributed by atoms with van der Waals surface area (Å²) in [7, 11) is 0. The van der Waals surface area contributed by atoms with Gasteiger partial charge < -0.3 is 10.1 Å². The monoisotopic (exact) mass is 338 g/mol. The zero-order chi connectivity index (χ0) is 16.8. The highest BCUT2D eigenvalue weighted by molar-refractivity contribution is 7.08. The van der Waals surface area contributed by atoms with Crippen molar-refractivity contribution in [1.29, 1.82) is 0 Å². The molecule has 1 amide bonds. The number of nitrogens with zero attached hydrogens (tertiary/aromatic N) is 1. The molecule has 4 nitrogen and oxygen atoms in total. The topological polar surface area (TPSA) is 51.2 Å². The first-order valence-electron chi connectivity index (χ1n) is 7.69. The van der Waals surface area contributed by atoms with Gasteiger partial charge in [0.2, 0.25) is 0 Å². The molecule has 1 unspecified atom stereocenters. The zero-order valence-electron chi connectivity index (χ0n) is 13.3. The van der Waals surface area contributed by atoms with Crippen LogP contribution >= 0.6 is 11.3 Å². The molecule has 0 saturated heterocycles. The van der Waals surface area contributed by atoms with Gasteiger partial charge in [0.05, 0.1) is 5.69 Å². The van der Waals surface area contributed by atoms with Gasteiger partial charge in [-0.1, -0.05) is 18.2 Å². The van der Waals surface area contributed by atoms with E-state index in [0.717, 1.165) is 16.8 Å². The third-order valence-corrected chi connectivity index (χ3v) is 4.22. The molecule has 2 heterocycles. The molecular formula is C19H18N2O2S. The molecule has 0 radical (unpaired) electrons. The summed E-state index contributed by atoms with van der Waals surface area (Å²) in [5.74, 6) is 0.538. The van der Waals surface area contributed by atoms with Gasteiger partial charge in [0.1, 0.15) is 5.75 Å². The van der Waals surface area contributed by atoms with Crippen molar-refractivity contribution in [3.8, 4) is 17.0 Å². The van der Waals surface area contributed by atoms with E-state index in [4.69, 9.17) is 4.74 Å². The minimum atomic E-state index is -0.550. The molecule has 24 heavy (non-hydrogen) atoms. The van der Waals surface area contributed by atoms with E-state index in [-0.39, 0.29) is 5.91 Å². The molecule has 3 aromatic rings. The average molecular weight is 338 g/mol. The Morgan fingerprint density at radius 3 is 2.83 bits per heavy atom. The van der Waals surface area contributed by atoms with Crippen molar-refractivity contribution >= 4 is 17.2 Å². The normalized spacial score (nSPS) is 11.7. The van der Waals surface area contributed by atoms with Gasteiger partial charge in [0, 0.05) is 23.7 Å². The van der Waals surface area contributed by atoms with E-state index >= 15 is 0 Å². The molecule has 0 saturated carbocycles. The van der Waals surface area contributed by atoms with Crippen LogP contribution in [0.4, 0.5) is 0 Å². The first kappa shape index (κ1) is 16.2. The summed E-state index contributed by atoms with van der Waals surface area (Å²) in [5.41, 5.74) is 3.01. The van der Waals surface area contributed by atoms with Crippen LogP contribution in [0.25, 0.3) is 11.3 Å². The maximum atomic E-state index is 12.2. The molecule has 1 aromatic carbocycles. The Balaban J connectivity index is 1.57. The Morgan fingerprint density at radius 1 is 1.25 bits per heavy atom. The number of thiophene rings is 1. The number of amides is 1. The number of benzene rings is 1. The Kier molecular flexibility index (Phi) is 5.23. The molecule has 122 valence electrons. The number of carbonyl (C=O) groups excluding carboxylic acids is 1. The number of aromatic nitrogens is 1. The number of carbonyl (C=O) groups is 1. The molecule has 2 aromatic heterocycles. The standard InChI is InChI=1S/C19H18N2O2S/c1-14(23-17-5-3-2-4-6-17)19(22)21-12-15-7-9-20-18(11-15)16-8-10-24-13-16/h2-11,13-14H,12H2,1H3,(H,21,22). The molecule has 1 atom stereocenters. The van der Waals surface area contributed by atoms with Gasteiger partial charge in [-0.2, -0.15) is 11.3 Å². The van der Waals surface area contributed by atoms with E-state index in [1.54, 1.807) is 24.5 Å². The highest BCUT2D eigenvalue weighted by Crippen LogP contribution is 2.20. The number of hydrogen-bond donors (Lipinski definition) is 1. The first-order valence-corrected chi connectivity index (χ1v) is 8.63. The van der Waals surface area contributed by atoms with Crippen LogP contribution in [0.15, 0.2) is 65.5 Å². The van der Waals surface area contributed by atoms with Gasteiger partial charge in [0.15, 0.2) is 6.10 Å². The quantitative estimate of drug-likeness (QED) is 0.742. The number of nitrogens with one attached hydrogen (secondary N) is 1. The zero-order valence-corrected chi connectivity index (χ0v) is 14.1. The fraction of sp³-hybridized carbons (Fsp3) is 0.158. The van der Waals surface area contributed by atoms with Crippen LogP contribution in [0.3, 0.4) is 0 Å². The lowest BCUT2D eigenvalue weighted by atomic mass is 10.1. The number of rotatable bonds is 6. The Bertz CT molecular complexity index is 788. The number of para-hydroxylation sites is 1. The Morgan fingerprint density at radius 2 is 2.08 bits per heavy atom. The Hall–Kier alpha value is -2.66. The highest BCUT2D eigenvalue weighted by Gasteiger charge is 2.14. The van der Waals surface area contributed by atoms with Crippen molar-refractivity contribution in [3.05, 3.63) is 71.1 Å². The third-order valence-electron chi connectivity index (χ3n) is 3.53. The maximum Gasteiger partial charge on any atom is 0.261 e. The number of hydrogen-bond acceptors (Lipinski definition) is 4. The summed E-state index contributed by atoms with van der Waals surface area (Å²) in [4.78, 5) is 16.6. The van der Waals surface area contributed by atoms with Crippen molar-refractivity contribution in [3.63, 3.8) is 0 Å². The second-order valence-corrected chi connectivity index (χ2v) is 6.13. The minimum absolute atomic E-state index is 0.146. The van der Waals surface area contributed by atoms with Crippen molar-refractivity contribution in [2.75, 3.05) is 0 Å². The molecule has 0 aliphatic carbocycles. The molecule has 0 aliphatic heterocycles. The van der Waals surface area contributed by atoms with E-state index in [1.165, 1.54) is 0 Å². The maximum absolute atomic E-state index is 12.2. The molecule has 3 rings (SSSR count). The molecule has 0 spiro atoms. The minimum Gasteiger partial charge on any atom is -0.481 e. The van der Waals surface area contributed by atoms with Gasteiger partial charge in [-0.3, -0.25) is 9.78 Å². The first-order chi connectivity index (χ1) is 11.7. The molecule has 0 fully saturated rings. The Labute approximate surface area is 145 Å². The van der Waals surface area contributed by atoms with Crippen LogP contribution < -0.4 is 10.1 Å². The van der Waals surface area contributed by atoms with Gasteiger partial charge in [-0.25, -0.2) is 0 Å². The predicted molar refractivity (Wildman–Crippen MR) is 95.9 cm³/mol. The van der Waals surface area contributed by atoms with Crippen LogP contribution in [-0.2, 0) is 11.3 Å². The molecule has 1 N–H and O–H groups in total. The summed E-state index contributed by atoms with van der Waals surface area (Å²) in [6, 6.07) is 15.3. The largest absolute Gasteiger partial charge is 0.481 e. The lowest BCUT2D eigenvalue weighted by Gasteiger charge is -2.14. The van der Waals surface area contributed by atoms with Gasteiger partial charge >= 0.3 is 0 Å². The van der Waals surface area contributed by atoms with Gasteiger partial charge in [-0.15, -0.1) is 0 Å².